The van der Waals surface area contributed by atoms with Crippen LogP contribution in [-0.4, -0.2) is 25.8 Å². The van der Waals surface area contributed by atoms with E-state index in [1.165, 1.54) is 18.2 Å². The van der Waals surface area contributed by atoms with Crippen molar-refractivity contribution >= 4 is 21.6 Å². The first kappa shape index (κ1) is 17.4. The number of nitrogens with zero attached hydrogens (tertiary/aromatic N) is 1. The fraction of sp³-hybridized carbons (Fsp3) is 0.211. The highest BCUT2D eigenvalue weighted by molar-refractivity contribution is 7.85. The van der Waals surface area contributed by atoms with E-state index in [4.69, 9.17) is 0 Å². The molecule has 25 heavy (non-hydrogen) atoms. The molecule has 130 valence electrons. The molecule has 0 unspecified atom stereocenters. The quantitative estimate of drug-likeness (QED) is 0.650. The average molecular weight is 357 g/mol. The molecule has 0 saturated heterocycles. The van der Waals surface area contributed by atoms with Crippen molar-refractivity contribution in [1.29, 1.82) is 0 Å². The minimum atomic E-state index is -4.26. The Kier molecular flexibility index (Phi) is 4.05. The fourth-order valence-electron chi connectivity index (χ4n) is 3.26. The van der Waals surface area contributed by atoms with E-state index in [0.29, 0.717) is 5.57 Å². The summed E-state index contributed by atoms with van der Waals surface area (Å²) in [7, 11) is -2.37. The third-order valence-electron chi connectivity index (χ3n) is 4.64. The Morgan fingerprint density at radius 2 is 1.80 bits per heavy atom. The molecule has 0 aromatic heterocycles. The summed E-state index contributed by atoms with van der Waals surface area (Å²) in [5, 5.41) is 0. The van der Waals surface area contributed by atoms with Crippen molar-refractivity contribution in [2.45, 2.75) is 24.2 Å². The van der Waals surface area contributed by atoms with Crippen molar-refractivity contribution in [2.75, 3.05) is 11.9 Å². The Hall–Kier alpha value is -2.44. The van der Waals surface area contributed by atoms with E-state index in [1.807, 2.05) is 37.9 Å². The van der Waals surface area contributed by atoms with Crippen LogP contribution in [0.4, 0.5) is 5.69 Å². The Bertz CT molecular complexity index is 979. The maximum Gasteiger partial charge on any atom is 0.294 e. The molecule has 1 aromatic rings. The third kappa shape index (κ3) is 2.99. The van der Waals surface area contributed by atoms with Gasteiger partial charge in [-0.25, -0.2) is 0 Å². The molecule has 1 aliphatic heterocycles. The largest absolute Gasteiger partial charge is 0.347 e. The first-order chi connectivity index (χ1) is 11.6. The van der Waals surface area contributed by atoms with Gasteiger partial charge in [0.15, 0.2) is 5.78 Å². The number of allylic oxidation sites excluding steroid dienone is 8. The SMILES string of the molecule is CN1C(=CC=C2C=CC=CC2=O)C(C)(C)c2cc(S(=O)(=O)O)ccc21. The summed E-state index contributed by atoms with van der Waals surface area (Å²) in [5.74, 6) is -0.0519. The standard InChI is InChI=1S/C19H19NO4S/c1-19(2)15-12-14(25(22,23)24)9-10-16(15)20(3)18(19)11-8-13-6-4-5-7-17(13)21/h4-12H,1-3H3,(H,22,23,24). The van der Waals surface area contributed by atoms with Crippen molar-refractivity contribution in [2.24, 2.45) is 0 Å². The van der Waals surface area contributed by atoms with E-state index in [0.717, 1.165) is 16.9 Å². The van der Waals surface area contributed by atoms with Gasteiger partial charge < -0.3 is 4.90 Å². The maximum atomic E-state index is 11.9. The van der Waals surface area contributed by atoms with Crippen LogP contribution in [0.2, 0.25) is 0 Å². The molecule has 5 nitrogen and oxygen atoms in total. The highest BCUT2D eigenvalue weighted by atomic mass is 32.2. The summed E-state index contributed by atoms with van der Waals surface area (Å²) < 4.78 is 32.2. The molecule has 0 spiro atoms. The van der Waals surface area contributed by atoms with Gasteiger partial charge in [-0.3, -0.25) is 9.35 Å². The lowest BCUT2D eigenvalue weighted by Crippen LogP contribution is -2.22. The molecule has 0 saturated carbocycles. The number of benzene rings is 1. The maximum absolute atomic E-state index is 11.9. The lowest BCUT2D eigenvalue weighted by Gasteiger charge is -2.23. The summed E-state index contributed by atoms with van der Waals surface area (Å²) in [4.78, 5) is 13.7. The number of rotatable bonds is 2. The van der Waals surface area contributed by atoms with Crippen molar-refractivity contribution in [3.05, 3.63) is 71.5 Å². The zero-order chi connectivity index (χ0) is 18.4. The van der Waals surface area contributed by atoms with Gasteiger partial charge in [-0.1, -0.05) is 32.1 Å². The minimum Gasteiger partial charge on any atom is -0.347 e. The van der Waals surface area contributed by atoms with Gasteiger partial charge >= 0.3 is 0 Å². The van der Waals surface area contributed by atoms with Crippen LogP contribution in [0.15, 0.2) is 70.8 Å². The van der Waals surface area contributed by atoms with Crippen LogP contribution in [0.25, 0.3) is 0 Å². The summed E-state index contributed by atoms with van der Waals surface area (Å²) in [5.41, 5.74) is 2.72. The van der Waals surface area contributed by atoms with Gasteiger partial charge in [-0.2, -0.15) is 8.42 Å². The highest BCUT2D eigenvalue weighted by Gasteiger charge is 2.39. The molecular weight excluding hydrogens is 338 g/mol. The van der Waals surface area contributed by atoms with Crippen LogP contribution in [0.1, 0.15) is 19.4 Å². The Labute approximate surface area is 147 Å². The topological polar surface area (TPSA) is 74.7 Å². The normalized spacial score (nSPS) is 22.1. The second-order valence-corrected chi connectivity index (χ2v) is 8.02. The number of likely N-dealkylation sites (N-methyl/N-ethyl adjacent to an activating group) is 1. The summed E-state index contributed by atoms with van der Waals surface area (Å²) in [6.45, 7) is 3.96. The monoisotopic (exact) mass is 357 g/mol. The van der Waals surface area contributed by atoms with Gasteiger partial charge in [0.25, 0.3) is 10.1 Å². The van der Waals surface area contributed by atoms with E-state index in [1.54, 1.807) is 24.3 Å². The van der Waals surface area contributed by atoms with Gasteiger partial charge in [0.1, 0.15) is 0 Å². The molecule has 3 rings (SSSR count). The van der Waals surface area contributed by atoms with Crippen LogP contribution in [0.5, 0.6) is 0 Å². The average Bonchev–Trinajstić information content (AvgIpc) is 2.73. The van der Waals surface area contributed by atoms with Gasteiger partial charge in [-0.05, 0) is 42.0 Å². The van der Waals surface area contributed by atoms with Crippen LogP contribution in [0, 0.1) is 0 Å². The number of fused-ring (bicyclic) bond motifs is 1. The van der Waals surface area contributed by atoms with Crippen LogP contribution in [0.3, 0.4) is 0 Å². The molecule has 0 atom stereocenters. The number of anilines is 1. The van der Waals surface area contributed by atoms with E-state index < -0.39 is 15.5 Å². The fourth-order valence-corrected chi connectivity index (χ4v) is 3.77. The van der Waals surface area contributed by atoms with Crippen LogP contribution >= 0.6 is 0 Å². The van der Waals surface area contributed by atoms with E-state index >= 15 is 0 Å². The molecular formula is C19H19NO4S. The van der Waals surface area contributed by atoms with Gasteiger partial charge in [0.2, 0.25) is 0 Å². The lowest BCUT2D eigenvalue weighted by atomic mass is 9.83. The van der Waals surface area contributed by atoms with E-state index in [9.17, 15) is 17.8 Å². The zero-order valence-corrected chi connectivity index (χ0v) is 15.0. The lowest BCUT2D eigenvalue weighted by molar-refractivity contribution is -0.111. The van der Waals surface area contributed by atoms with Crippen molar-refractivity contribution in [1.82, 2.24) is 0 Å². The van der Waals surface area contributed by atoms with Gasteiger partial charge in [0, 0.05) is 29.4 Å². The molecule has 0 bridgehead atoms. The first-order valence-electron chi connectivity index (χ1n) is 7.79. The van der Waals surface area contributed by atoms with Crippen LogP contribution < -0.4 is 4.90 Å². The molecule has 1 N–H and O–H groups in total. The predicted octanol–water partition coefficient (Wildman–Crippen LogP) is 3.17. The van der Waals surface area contributed by atoms with E-state index in [2.05, 4.69) is 0 Å². The number of hydrogen-bond donors (Lipinski definition) is 1. The summed E-state index contributed by atoms with van der Waals surface area (Å²) in [6.07, 6.45) is 10.4. The third-order valence-corrected chi connectivity index (χ3v) is 5.49. The minimum absolute atomic E-state index is 0.0519. The second-order valence-electron chi connectivity index (χ2n) is 6.59. The second kappa shape index (κ2) is 5.82. The Balaban J connectivity index is 2.08. The summed E-state index contributed by atoms with van der Waals surface area (Å²) >= 11 is 0. The molecule has 1 aromatic carbocycles. The van der Waals surface area contributed by atoms with Crippen molar-refractivity contribution in [3.8, 4) is 0 Å². The number of ketones is 1. The predicted molar refractivity (Wildman–Crippen MR) is 97.1 cm³/mol. The number of carbonyl (C=O) groups is 1. The number of hydrogen-bond acceptors (Lipinski definition) is 4. The van der Waals surface area contributed by atoms with E-state index in [-0.39, 0.29) is 10.7 Å². The van der Waals surface area contributed by atoms with Crippen molar-refractivity contribution < 1.29 is 17.8 Å². The highest BCUT2D eigenvalue weighted by Crippen LogP contribution is 2.47. The molecule has 1 aliphatic carbocycles. The van der Waals surface area contributed by atoms with Gasteiger partial charge in [0.05, 0.1) is 4.90 Å². The van der Waals surface area contributed by atoms with Gasteiger partial charge in [-0.15, -0.1) is 0 Å². The molecule has 0 radical (unpaired) electrons. The van der Waals surface area contributed by atoms with Crippen molar-refractivity contribution in [3.63, 3.8) is 0 Å². The summed E-state index contributed by atoms with van der Waals surface area (Å²) in [6, 6.07) is 4.58. The molecule has 0 amide bonds. The molecule has 1 heterocycles. The Morgan fingerprint density at radius 1 is 1.12 bits per heavy atom. The smallest absolute Gasteiger partial charge is 0.294 e. The molecule has 6 heteroatoms. The Morgan fingerprint density at radius 3 is 2.44 bits per heavy atom. The first-order valence-corrected chi connectivity index (χ1v) is 9.23. The number of carbonyl (C=O) groups excluding carboxylic acids is 1. The van der Waals surface area contributed by atoms with Crippen LogP contribution in [-0.2, 0) is 20.3 Å². The molecule has 2 aliphatic rings. The zero-order valence-electron chi connectivity index (χ0n) is 14.2. The molecule has 0 fully saturated rings.